The number of hydrogen-bond donors (Lipinski definition) is 1. The molecule has 34 heavy (non-hydrogen) atoms. The molecule has 3 aromatic rings. The molecule has 0 saturated carbocycles. The van der Waals surface area contributed by atoms with Gasteiger partial charge in [-0.25, -0.2) is 0 Å². The second-order valence-corrected chi connectivity index (χ2v) is 7.99. The summed E-state index contributed by atoms with van der Waals surface area (Å²) in [7, 11) is 0. The lowest BCUT2D eigenvalue weighted by Gasteiger charge is -2.29. The fourth-order valence-electron chi connectivity index (χ4n) is 3.58. The van der Waals surface area contributed by atoms with Crippen LogP contribution in [0, 0.1) is 6.92 Å². The summed E-state index contributed by atoms with van der Waals surface area (Å²) >= 11 is 0. The predicted molar refractivity (Wildman–Crippen MR) is 131 cm³/mol. The van der Waals surface area contributed by atoms with Crippen LogP contribution in [-0.2, 0) is 9.59 Å². The Balaban J connectivity index is 1.27. The van der Waals surface area contributed by atoms with Gasteiger partial charge >= 0.3 is 0 Å². The molecule has 1 aliphatic heterocycles. The minimum atomic E-state index is -0.129. The van der Waals surface area contributed by atoms with Crippen molar-refractivity contribution in [3.8, 4) is 17.2 Å². The van der Waals surface area contributed by atoms with Gasteiger partial charge in [0.15, 0.2) is 6.61 Å². The van der Waals surface area contributed by atoms with Crippen LogP contribution >= 0.6 is 0 Å². The number of nitrogens with zero attached hydrogens (tertiary/aromatic N) is 1. The summed E-state index contributed by atoms with van der Waals surface area (Å²) in [6.07, 6.45) is 0.942. The lowest BCUT2D eigenvalue weighted by molar-refractivity contribution is -0.121. The van der Waals surface area contributed by atoms with Crippen LogP contribution in [0.5, 0.6) is 17.2 Å². The summed E-state index contributed by atoms with van der Waals surface area (Å²) in [6, 6.07) is 22.6. The largest absolute Gasteiger partial charge is 0.494 e. The zero-order valence-electron chi connectivity index (χ0n) is 19.2. The van der Waals surface area contributed by atoms with Crippen LogP contribution in [0.25, 0.3) is 0 Å². The number of para-hydroxylation sites is 1. The quantitative estimate of drug-likeness (QED) is 0.448. The predicted octanol–water partition coefficient (Wildman–Crippen LogP) is 4.60. The van der Waals surface area contributed by atoms with Gasteiger partial charge in [0.25, 0.3) is 5.91 Å². The first-order valence-corrected chi connectivity index (χ1v) is 11.3. The molecule has 0 unspecified atom stereocenters. The van der Waals surface area contributed by atoms with Gasteiger partial charge in [0.2, 0.25) is 5.91 Å². The van der Waals surface area contributed by atoms with Crippen LogP contribution in [0.15, 0.2) is 72.8 Å². The number of rotatable bonds is 10. The first-order chi connectivity index (χ1) is 16.6. The van der Waals surface area contributed by atoms with Crippen LogP contribution in [0.4, 0.5) is 11.4 Å². The van der Waals surface area contributed by atoms with Crippen molar-refractivity contribution < 1.29 is 23.8 Å². The summed E-state index contributed by atoms with van der Waals surface area (Å²) in [5.74, 6) is 1.87. The van der Waals surface area contributed by atoms with Crippen LogP contribution in [0.3, 0.4) is 0 Å². The standard InChI is InChI=1S/C27H28N2O5/c1-20-9-12-23(13-10-20)33-17-15-29-24-14-11-21(18-25(24)34-19-27(29)31)28-26(30)8-5-16-32-22-6-3-2-4-7-22/h2-4,6-7,9-14,18H,5,8,15-17,19H2,1H3,(H,28,30). The third kappa shape index (κ3) is 6.28. The van der Waals surface area contributed by atoms with Gasteiger partial charge in [0, 0.05) is 18.2 Å². The molecule has 0 spiro atoms. The molecule has 4 rings (SSSR count). The average Bonchev–Trinajstić information content (AvgIpc) is 2.85. The molecule has 0 saturated heterocycles. The normalized spacial score (nSPS) is 12.5. The molecule has 0 aromatic heterocycles. The van der Waals surface area contributed by atoms with Crippen LogP contribution in [0.2, 0.25) is 0 Å². The van der Waals surface area contributed by atoms with Crippen molar-refractivity contribution in [1.82, 2.24) is 0 Å². The molecule has 1 aliphatic rings. The van der Waals surface area contributed by atoms with E-state index in [9.17, 15) is 9.59 Å². The van der Waals surface area contributed by atoms with E-state index in [1.807, 2.05) is 61.5 Å². The molecule has 1 heterocycles. The minimum absolute atomic E-state index is 0.0498. The van der Waals surface area contributed by atoms with Crippen molar-refractivity contribution in [2.75, 3.05) is 36.6 Å². The number of nitrogens with one attached hydrogen (secondary N) is 1. The van der Waals surface area contributed by atoms with Gasteiger partial charge in [0.1, 0.15) is 23.9 Å². The third-order valence-electron chi connectivity index (χ3n) is 5.35. The molecule has 0 fully saturated rings. The molecular formula is C27H28N2O5. The Morgan fingerprint density at radius 1 is 0.971 bits per heavy atom. The SMILES string of the molecule is Cc1ccc(OCCN2C(=O)COc3cc(NC(=O)CCCOc4ccccc4)ccc32)cc1. The first-order valence-electron chi connectivity index (χ1n) is 11.3. The Hall–Kier alpha value is -4.00. The van der Waals surface area contributed by atoms with Gasteiger partial charge in [-0.1, -0.05) is 35.9 Å². The van der Waals surface area contributed by atoms with E-state index in [0.29, 0.717) is 49.7 Å². The monoisotopic (exact) mass is 460 g/mol. The van der Waals surface area contributed by atoms with Crippen molar-refractivity contribution in [2.24, 2.45) is 0 Å². The second-order valence-electron chi connectivity index (χ2n) is 7.99. The van der Waals surface area contributed by atoms with Crippen LogP contribution in [-0.4, -0.2) is 38.2 Å². The average molecular weight is 461 g/mol. The lowest BCUT2D eigenvalue weighted by atomic mass is 10.2. The number of hydrogen-bond acceptors (Lipinski definition) is 5. The summed E-state index contributed by atoms with van der Waals surface area (Å²) < 4.78 is 17.0. The van der Waals surface area contributed by atoms with E-state index in [1.54, 1.807) is 23.1 Å². The van der Waals surface area contributed by atoms with Crippen LogP contribution < -0.4 is 24.4 Å². The summed E-state index contributed by atoms with van der Waals surface area (Å²) in [6.45, 7) is 3.19. The van der Waals surface area contributed by atoms with Gasteiger partial charge in [-0.15, -0.1) is 0 Å². The number of carbonyl (C=O) groups is 2. The van der Waals surface area contributed by atoms with E-state index < -0.39 is 0 Å². The van der Waals surface area contributed by atoms with Crippen molar-refractivity contribution in [1.29, 1.82) is 0 Å². The molecule has 0 atom stereocenters. The molecule has 176 valence electrons. The van der Waals surface area contributed by atoms with E-state index in [1.165, 1.54) is 0 Å². The highest BCUT2D eigenvalue weighted by Gasteiger charge is 2.25. The zero-order chi connectivity index (χ0) is 23.8. The molecule has 3 aromatic carbocycles. The van der Waals surface area contributed by atoms with Gasteiger partial charge in [-0.3, -0.25) is 9.59 Å². The zero-order valence-corrected chi connectivity index (χ0v) is 19.2. The first kappa shape index (κ1) is 23.2. The van der Waals surface area contributed by atoms with Gasteiger partial charge < -0.3 is 24.4 Å². The fraction of sp³-hybridized carbons (Fsp3) is 0.259. The van der Waals surface area contributed by atoms with Crippen molar-refractivity contribution >= 4 is 23.2 Å². The lowest BCUT2D eigenvalue weighted by Crippen LogP contribution is -2.41. The number of fused-ring (bicyclic) bond motifs is 1. The Bertz CT molecular complexity index is 1120. The fourth-order valence-corrected chi connectivity index (χ4v) is 3.58. The van der Waals surface area contributed by atoms with Crippen molar-refractivity contribution in [2.45, 2.75) is 19.8 Å². The summed E-state index contributed by atoms with van der Waals surface area (Å²) in [4.78, 5) is 26.4. The number of carbonyl (C=O) groups excluding carboxylic acids is 2. The van der Waals surface area contributed by atoms with Gasteiger partial charge in [-0.2, -0.15) is 0 Å². The van der Waals surface area contributed by atoms with Crippen molar-refractivity contribution in [3.05, 3.63) is 78.4 Å². The number of anilines is 2. The Labute approximate surface area is 199 Å². The van der Waals surface area contributed by atoms with Gasteiger partial charge in [-0.05, 0) is 49.7 Å². The van der Waals surface area contributed by atoms with Crippen molar-refractivity contribution in [3.63, 3.8) is 0 Å². The maximum absolute atomic E-state index is 12.4. The number of aryl methyl sites for hydroxylation is 1. The number of ether oxygens (including phenoxy) is 3. The maximum Gasteiger partial charge on any atom is 0.265 e. The van der Waals surface area contributed by atoms with E-state index in [0.717, 1.165) is 17.1 Å². The highest BCUT2D eigenvalue weighted by Crippen LogP contribution is 2.34. The third-order valence-corrected chi connectivity index (χ3v) is 5.35. The van der Waals surface area contributed by atoms with Crippen LogP contribution in [0.1, 0.15) is 18.4 Å². The number of amides is 2. The highest BCUT2D eigenvalue weighted by atomic mass is 16.5. The summed E-state index contributed by atoms with van der Waals surface area (Å²) in [5.41, 5.74) is 2.45. The Morgan fingerprint density at radius 3 is 2.50 bits per heavy atom. The molecule has 0 bridgehead atoms. The Morgan fingerprint density at radius 2 is 1.71 bits per heavy atom. The molecule has 0 aliphatic carbocycles. The van der Waals surface area contributed by atoms with E-state index >= 15 is 0 Å². The molecule has 0 radical (unpaired) electrons. The van der Waals surface area contributed by atoms with E-state index in [-0.39, 0.29) is 18.4 Å². The molecule has 7 heteroatoms. The molecule has 1 N–H and O–H groups in total. The number of benzene rings is 3. The smallest absolute Gasteiger partial charge is 0.265 e. The second kappa shape index (κ2) is 11.2. The van der Waals surface area contributed by atoms with Gasteiger partial charge in [0.05, 0.1) is 18.8 Å². The molecular weight excluding hydrogens is 432 g/mol. The summed E-state index contributed by atoms with van der Waals surface area (Å²) in [5, 5.41) is 2.88. The van der Waals surface area contributed by atoms with E-state index in [2.05, 4.69) is 5.32 Å². The topological polar surface area (TPSA) is 77.1 Å². The molecule has 2 amide bonds. The maximum atomic E-state index is 12.4. The minimum Gasteiger partial charge on any atom is -0.494 e. The highest BCUT2D eigenvalue weighted by molar-refractivity contribution is 5.99. The Kier molecular flexibility index (Phi) is 7.65. The van der Waals surface area contributed by atoms with E-state index in [4.69, 9.17) is 14.2 Å². The molecule has 7 nitrogen and oxygen atoms in total.